The summed E-state index contributed by atoms with van der Waals surface area (Å²) in [7, 11) is -3.99. The molecule has 1 aromatic carbocycles. The number of aliphatic imine (C=N–C) groups is 1. The minimum Gasteiger partial charge on any atom is -0.487 e. The minimum atomic E-state index is -3.99. The van der Waals surface area contributed by atoms with Gasteiger partial charge in [-0.2, -0.15) is 0 Å². The molecule has 0 spiro atoms. The molecule has 1 aromatic rings. The summed E-state index contributed by atoms with van der Waals surface area (Å²) < 4.78 is 31.7. The Hall–Kier alpha value is -2.69. The van der Waals surface area contributed by atoms with Gasteiger partial charge in [0.2, 0.25) is 0 Å². The van der Waals surface area contributed by atoms with Crippen LogP contribution in [-0.2, 0) is 15.4 Å². The Morgan fingerprint density at radius 1 is 1.31 bits per heavy atom. The van der Waals surface area contributed by atoms with Crippen molar-refractivity contribution in [3.8, 4) is 5.75 Å². The standard InChI is InChI=1S/C18H23N3O7S/c1-16(2)9-13-18(5,11-8-10(21(24)25)6-7-12(11)28-16)20-14(19-15(22)23)17(3,4)29(13,26)27/h6-8,13H,9H2,1-5H3,(H,19,20)(H,22,23)/t13-,18-/m1/s1. The number of ether oxygens (including phenoxy) is 1. The lowest BCUT2D eigenvalue weighted by Gasteiger charge is -2.44. The van der Waals surface area contributed by atoms with Crippen LogP contribution in [0.3, 0.4) is 0 Å². The molecule has 29 heavy (non-hydrogen) atoms. The number of rotatable bonds is 1. The molecule has 2 heterocycles. The number of carbonyl (C=O) groups is 1. The monoisotopic (exact) mass is 425 g/mol. The molecule has 10 nitrogen and oxygen atoms in total. The molecular formula is C18H23N3O7S. The van der Waals surface area contributed by atoms with Crippen molar-refractivity contribution in [2.45, 2.75) is 62.2 Å². The van der Waals surface area contributed by atoms with E-state index in [1.807, 2.05) is 0 Å². The molecular weight excluding hydrogens is 402 g/mol. The van der Waals surface area contributed by atoms with E-state index in [9.17, 15) is 28.4 Å². The molecule has 0 bridgehead atoms. The smallest absolute Gasteiger partial charge is 0.410 e. The van der Waals surface area contributed by atoms with Crippen LogP contribution in [0.2, 0.25) is 0 Å². The molecule has 0 saturated heterocycles. The van der Waals surface area contributed by atoms with Gasteiger partial charge < -0.3 is 9.84 Å². The van der Waals surface area contributed by atoms with E-state index >= 15 is 0 Å². The first kappa shape index (κ1) is 21.0. The highest BCUT2D eigenvalue weighted by molar-refractivity contribution is 7.94. The SMILES string of the molecule is CC1(C)C[C@@H]2[C@](C)(N=C(NC(=O)O)C(C)(C)S2(=O)=O)c2cc([N+](=O)[O-])ccc2O1. The molecule has 3 rings (SSSR count). The van der Waals surface area contributed by atoms with Crippen molar-refractivity contribution in [1.29, 1.82) is 0 Å². The highest BCUT2D eigenvalue weighted by Crippen LogP contribution is 2.51. The Morgan fingerprint density at radius 3 is 2.48 bits per heavy atom. The molecule has 0 fully saturated rings. The maximum atomic E-state index is 13.6. The second kappa shape index (κ2) is 6.15. The Labute approximate surface area is 168 Å². The van der Waals surface area contributed by atoms with Crippen LogP contribution in [0.4, 0.5) is 10.5 Å². The fourth-order valence-electron chi connectivity index (χ4n) is 3.96. The van der Waals surface area contributed by atoms with E-state index in [0.29, 0.717) is 0 Å². The first-order chi connectivity index (χ1) is 13.1. The average molecular weight is 425 g/mol. The number of amides is 1. The lowest BCUT2D eigenvalue weighted by molar-refractivity contribution is -0.385. The van der Waals surface area contributed by atoms with Gasteiger partial charge in [0.1, 0.15) is 27.5 Å². The molecule has 0 unspecified atom stereocenters. The molecule has 0 saturated carbocycles. The maximum absolute atomic E-state index is 13.6. The van der Waals surface area contributed by atoms with Crippen molar-refractivity contribution >= 4 is 27.5 Å². The van der Waals surface area contributed by atoms with E-state index in [0.717, 1.165) is 0 Å². The predicted octanol–water partition coefficient (Wildman–Crippen LogP) is 2.61. The van der Waals surface area contributed by atoms with Gasteiger partial charge in [0, 0.05) is 24.1 Å². The van der Waals surface area contributed by atoms with Crippen molar-refractivity contribution in [1.82, 2.24) is 5.32 Å². The fraction of sp³-hybridized carbons (Fsp3) is 0.556. The van der Waals surface area contributed by atoms with Crippen molar-refractivity contribution in [2.75, 3.05) is 0 Å². The molecule has 2 aliphatic rings. The number of benzene rings is 1. The second-order valence-electron chi connectivity index (χ2n) is 8.59. The lowest BCUT2D eigenvalue weighted by Crippen LogP contribution is -2.62. The van der Waals surface area contributed by atoms with E-state index in [1.54, 1.807) is 20.8 Å². The van der Waals surface area contributed by atoms with Crippen LogP contribution < -0.4 is 10.1 Å². The number of non-ortho nitro benzene ring substituents is 1. The van der Waals surface area contributed by atoms with Crippen LogP contribution in [0.1, 0.15) is 46.6 Å². The van der Waals surface area contributed by atoms with Crippen LogP contribution in [-0.4, -0.2) is 46.0 Å². The van der Waals surface area contributed by atoms with Gasteiger partial charge in [0.15, 0.2) is 9.84 Å². The number of nitro benzene ring substituents is 1. The largest absolute Gasteiger partial charge is 0.487 e. The molecule has 2 atom stereocenters. The number of hydrogen-bond acceptors (Lipinski definition) is 7. The summed E-state index contributed by atoms with van der Waals surface area (Å²) in [5.74, 6) is 0.0415. The third kappa shape index (κ3) is 3.13. The number of fused-ring (bicyclic) bond motifs is 3. The van der Waals surface area contributed by atoms with Gasteiger partial charge in [-0.15, -0.1) is 0 Å². The van der Waals surface area contributed by atoms with Crippen molar-refractivity contribution in [3.63, 3.8) is 0 Å². The molecule has 11 heteroatoms. The van der Waals surface area contributed by atoms with E-state index in [-0.39, 0.29) is 29.3 Å². The zero-order valence-corrected chi connectivity index (χ0v) is 17.5. The number of nitrogens with zero attached hydrogens (tertiary/aromatic N) is 2. The van der Waals surface area contributed by atoms with Crippen LogP contribution in [0, 0.1) is 10.1 Å². The van der Waals surface area contributed by atoms with Crippen molar-refractivity contribution in [3.05, 3.63) is 33.9 Å². The van der Waals surface area contributed by atoms with Gasteiger partial charge >= 0.3 is 6.09 Å². The highest BCUT2D eigenvalue weighted by Gasteiger charge is 2.60. The molecule has 158 valence electrons. The van der Waals surface area contributed by atoms with Crippen LogP contribution >= 0.6 is 0 Å². The predicted molar refractivity (Wildman–Crippen MR) is 105 cm³/mol. The summed E-state index contributed by atoms with van der Waals surface area (Å²) in [6, 6.07) is 3.95. The van der Waals surface area contributed by atoms with Gasteiger partial charge in [-0.1, -0.05) is 0 Å². The van der Waals surface area contributed by atoms with E-state index < -0.39 is 42.0 Å². The van der Waals surface area contributed by atoms with Crippen LogP contribution in [0.25, 0.3) is 0 Å². The average Bonchev–Trinajstić information content (AvgIpc) is 2.65. The molecule has 1 amide bonds. The third-order valence-corrected chi connectivity index (χ3v) is 8.63. The first-order valence-corrected chi connectivity index (χ1v) is 10.5. The van der Waals surface area contributed by atoms with E-state index in [2.05, 4.69) is 10.3 Å². The third-order valence-electron chi connectivity index (χ3n) is 5.63. The molecule has 0 radical (unpaired) electrons. The van der Waals surface area contributed by atoms with E-state index in [4.69, 9.17) is 4.74 Å². The Balaban J connectivity index is 2.40. The van der Waals surface area contributed by atoms with E-state index in [1.165, 1.54) is 32.0 Å². The van der Waals surface area contributed by atoms with Gasteiger partial charge in [0.05, 0.1) is 10.2 Å². The number of nitro groups is 1. The fourth-order valence-corrected chi connectivity index (χ4v) is 6.44. The summed E-state index contributed by atoms with van der Waals surface area (Å²) in [5.41, 5.74) is -2.39. The van der Waals surface area contributed by atoms with Crippen molar-refractivity contribution < 1.29 is 28.0 Å². The minimum absolute atomic E-state index is 0.0710. The van der Waals surface area contributed by atoms with Gasteiger partial charge in [-0.3, -0.25) is 20.4 Å². The topological polar surface area (TPSA) is 148 Å². The summed E-state index contributed by atoms with van der Waals surface area (Å²) in [5, 5.41) is 21.6. The summed E-state index contributed by atoms with van der Waals surface area (Å²) in [6.07, 6.45) is -1.37. The van der Waals surface area contributed by atoms with Crippen LogP contribution in [0.5, 0.6) is 5.75 Å². The van der Waals surface area contributed by atoms with Crippen LogP contribution in [0.15, 0.2) is 23.2 Å². The summed E-state index contributed by atoms with van der Waals surface area (Å²) in [4.78, 5) is 26.6. The quantitative estimate of drug-likeness (QED) is 0.519. The van der Waals surface area contributed by atoms with Gasteiger partial charge in [0.25, 0.3) is 5.69 Å². The molecule has 0 aromatic heterocycles. The number of amidine groups is 1. The lowest BCUT2D eigenvalue weighted by atomic mass is 9.84. The summed E-state index contributed by atoms with van der Waals surface area (Å²) >= 11 is 0. The van der Waals surface area contributed by atoms with Gasteiger partial charge in [-0.05, 0) is 40.7 Å². The number of carboxylic acid groups (broad SMARTS) is 1. The zero-order valence-electron chi connectivity index (χ0n) is 16.7. The highest BCUT2D eigenvalue weighted by atomic mass is 32.2. The molecule has 2 aliphatic heterocycles. The normalized spacial score (nSPS) is 28.6. The molecule has 0 aliphatic carbocycles. The molecule has 2 N–H and O–H groups in total. The Kier molecular flexibility index (Phi) is 4.46. The number of hydrogen-bond donors (Lipinski definition) is 2. The zero-order chi connectivity index (χ0) is 22.0. The van der Waals surface area contributed by atoms with Gasteiger partial charge in [-0.25, -0.2) is 13.2 Å². The maximum Gasteiger partial charge on any atom is 0.410 e. The first-order valence-electron chi connectivity index (χ1n) is 8.93. The Bertz CT molecular complexity index is 1050. The summed E-state index contributed by atoms with van der Waals surface area (Å²) in [6.45, 7) is 7.80. The second-order valence-corrected chi connectivity index (χ2v) is 11.3. The van der Waals surface area contributed by atoms with Crippen molar-refractivity contribution in [2.24, 2.45) is 4.99 Å². The Morgan fingerprint density at radius 2 is 1.93 bits per heavy atom. The number of nitrogens with one attached hydrogen (secondary N) is 1. The number of sulfone groups is 1.